The van der Waals surface area contributed by atoms with Gasteiger partial charge in [-0.3, -0.25) is 0 Å². The second-order valence-electron chi connectivity index (χ2n) is 5.92. The number of aliphatic carboxylic acids is 1. The van der Waals surface area contributed by atoms with Gasteiger partial charge in [-0.05, 0) is 41.5 Å². The third-order valence-electron chi connectivity index (χ3n) is 3.34. The highest BCUT2D eigenvalue weighted by Crippen LogP contribution is 2.35. The van der Waals surface area contributed by atoms with Crippen LogP contribution in [0.5, 0.6) is 5.75 Å². The summed E-state index contributed by atoms with van der Waals surface area (Å²) in [4.78, 5) is 11.0. The molecule has 0 atom stereocenters. The molecule has 0 fully saturated rings. The molecular weight excluding hydrogens is 240 g/mol. The molecular formula is C16H20O3. The van der Waals surface area contributed by atoms with Crippen molar-refractivity contribution in [2.24, 2.45) is 0 Å². The smallest absolute Gasteiger partial charge is 0.328 e. The van der Waals surface area contributed by atoms with Crippen molar-refractivity contribution in [3.8, 4) is 5.75 Å². The highest BCUT2D eigenvalue weighted by molar-refractivity contribution is 5.91. The van der Waals surface area contributed by atoms with E-state index in [-0.39, 0.29) is 5.41 Å². The monoisotopic (exact) mass is 260 g/mol. The number of carbonyl (C=O) groups is 1. The Morgan fingerprint density at radius 1 is 1.37 bits per heavy atom. The normalized spacial score (nSPS) is 17.5. The maximum absolute atomic E-state index is 11.0. The molecule has 0 amide bonds. The van der Waals surface area contributed by atoms with Gasteiger partial charge < -0.3 is 9.84 Å². The number of rotatable bonds is 1. The number of allylic oxidation sites excluding steroid dienone is 1. The number of benzene rings is 1. The quantitative estimate of drug-likeness (QED) is 0.784. The lowest BCUT2D eigenvalue weighted by Gasteiger charge is -2.21. The van der Waals surface area contributed by atoms with Crippen molar-refractivity contribution < 1.29 is 14.6 Å². The second kappa shape index (κ2) is 5.08. The molecule has 0 unspecified atom stereocenters. The minimum Gasteiger partial charge on any atom is -0.493 e. The van der Waals surface area contributed by atoms with E-state index in [9.17, 15) is 4.79 Å². The first-order chi connectivity index (χ1) is 8.88. The first-order valence-corrected chi connectivity index (χ1v) is 6.59. The molecule has 1 aromatic rings. The summed E-state index contributed by atoms with van der Waals surface area (Å²) in [5.41, 5.74) is 3.00. The van der Waals surface area contributed by atoms with E-state index < -0.39 is 5.97 Å². The lowest BCUT2D eigenvalue weighted by Crippen LogP contribution is -2.11. The molecule has 1 aliphatic heterocycles. The fraction of sp³-hybridized carbons (Fsp3) is 0.438. The van der Waals surface area contributed by atoms with Crippen LogP contribution in [0.3, 0.4) is 0 Å². The highest BCUT2D eigenvalue weighted by Gasteiger charge is 2.19. The van der Waals surface area contributed by atoms with Crippen LogP contribution < -0.4 is 4.74 Å². The summed E-state index contributed by atoms with van der Waals surface area (Å²) in [6.45, 7) is 7.07. The topological polar surface area (TPSA) is 46.5 Å². The van der Waals surface area contributed by atoms with Crippen molar-refractivity contribution >= 4 is 11.5 Å². The Morgan fingerprint density at radius 2 is 2.11 bits per heavy atom. The largest absolute Gasteiger partial charge is 0.493 e. The third-order valence-corrected chi connectivity index (χ3v) is 3.34. The van der Waals surface area contributed by atoms with Crippen LogP contribution in [0.2, 0.25) is 0 Å². The van der Waals surface area contributed by atoms with E-state index in [0.717, 1.165) is 29.7 Å². The molecule has 0 aliphatic carbocycles. The maximum atomic E-state index is 11.0. The molecule has 0 bridgehead atoms. The SMILES string of the molecule is CC(C)(C)c1ccc2c(c1)/C(=C/C(=O)O)CCCO2. The standard InChI is InChI=1S/C16H20O3/c1-16(2,3)12-6-7-14-13(10-12)11(9-15(17)18)5-4-8-19-14/h6-7,9-10H,4-5,8H2,1-3H3,(H,17,18)/b11-9+. The summed E-state index contributed by atoms with van der Waals surface area (Å²) in [6, 6.07) is 6.08. The Bertz CT molecular complexity index is 521. The van der Waals surface area contributed by atoms with E-state index >= 15 is 0 Å². The van der Waals surface area contributed by atoms with E-state index in [4.69, 9.17) is 9.84 Å². The van der Waals surface area contributed by atoms with Crippen LogP contribution >= 0.6 is 0 Å². The van der Waals surface area contributed by atoms with Gasteiger partial charge in [0.25, 0.3) is 0 Å². The molecule has 0 aromatic heterocycles. The van der Waals surface area contributed by atoms with Crippen molar-refractivity contribution in [3.05, 3.63) is 35.4 Å². The van der Waals surface area contributed by atoms with Crippen LogP contribution in [0.4, 0.5) is 0 Å². The average Bonchev–Trinajstić information content (AvgIpc) is 2.49. The van der Waals surface area contributed by atoms with Crippen molar-refractivity contribution in [2.75, 3.05) is 6.61 Å². The third kappa shape index (κ3) is 3.16. The van der Waals surface area contributed by atoms with Gasteiger partial charge in [0.1, 0.15) is 5.75 Å². The summed E-state index contributed by atoms with van der Waals surface area (Å²) in [5.74, 6) is -0.109. The first kappa shape index (κ1) is 13.7. The summed E-state index contributed by atoms with van der Waals surface area (Å²) in [7, 11) is 0. The Hall–Kier alpha value is -1.77. The number of ether oxygens (including phenoxy) is 1. The minimum absolute atomic E-state index is 0.0374. The molecule has 3 heteroatoms. The number of fused-ring (bicyclic) bond motifs is 1. The van der Waals surface area contributed by atoms with Gasteiger partial charge in [0.05, 0.1) is 6.61 Å². The zero-order valence-corrected chi connectivity index (χ0v) is 11.7. The summed E-state index contributed by atoms with van der Waals surface area (Å²) < 4.78 is 5.69. The van der Waals surface area contributed by atoms with Crippen molar-refractivity contribution in [1.29, 1.82) is 0 Å². The molecule has 0 spiro atoms. The lowest BCUT2D eigenvalue weighted by atomic mass is 9.85. The Kier molecular flexibility index (Phi) is 3.65. The molecule has 0 saturated heterocycles. The van der Waals surface area contributed by atoms with E-state index in [1.807, 2.05) is 6.07 Å². The maximum Gasteiger partial charge on any atom is 0.328 e. The van der Waals surface area contributed by atoms with Crippen molar-refractivity contribution in [3.63, 3.8) is 0 Å². The molecule has 102 valence electrons. The number of carboxylic acid groups (broad SMARTS) is 1. The van der Waals surface area contributed by atoms with Gasteiger partial charge in [-0.1, -0.05) is 26.8 Å². The number of hydrogen-bond donors (Lipinski definition) is 1. The second-order valence-corrected chi connectivity index (χ2v) is 5.92. The van der Waals surface area contributed by atoms with Gasteiger partial charge >= 0.3 is 5.97 Å². The van der Waals surface area contributed by atoms with Gasteiger partial charge in [0.15, 0.2) is 0 Å². The highest BCUT2D eigenvalue weighted by atomic mass is 16.5. The first-order valence-electron chi connectivity index (χ1n) is 6.59. The average molecular weight is 260 g/mol. The van der Waals surface area contributed by atoms with Crippen LogP contribution in [0.25, 0.3) is 5.57 Å². The van der Waals surface area contributed by atoms with Crippen molar-refractivity contribution in [2.45, 2.75) is 39.0 Å². The minimum atomic E-state index is -0.899. The van der Waals surface area contributed by atoms with Crippen LogP contribution in [0, 0.1) is 0 Å². The summed E-state index contributed by atoms with van der Waals surface area (Å²) in [6.07, 6.45) is 2.89. The predicted octanol–water partition coefficient (Wildman–Crippen LogP) is 3.62. The molecule has 1 heterocycles. The van der Waals surface area contributed by atoms with Crippen LogP contribution in [-0.4, -0.2) is 17.7 Å². The van der Waals surface area contributed by atoms with Crippen LogP contribution in [0.15, 0.2) is 24.3 Å². The van der Waals surface area contributed by atoms with E-state index in [1.54, 1.807) is 0 Å². The summed E-state index contributed by atoms with van der Waals surface area (Å²) in [5, 5.41) is 9.00. The Balaban J connectivity index is 2.54. The van der Waals surface area contributed by atoms with Gasteiger partial charge in [0, 0.05) is 11.6 Å². The van der Waals surface area contributed by atoms with Gasteiger partial charge in [-0.25, -0.2) is 4.79 Å². The molecule has 0 radical (unpaired) electrons. The fourth-order valence-corrected chi connectivity index (χ4v) is 2.25. The Labute approximate surface area is 113 Å². The molecule has 1 aromatic carbocycles. The molecule has 19 heavy (non-hydrogen) atoms. The van der Waals surface area contributed by atoms with E-state index in [2.05, 4.69) is 32.9 Å². The zero-order valence-electron chi connectivity index (χ0n) is 11.7. The molecule has 2 rings (SSSR count). The fourth-order valence-electron chi connectivity index (χ4n) is 2.25. The van der Waals surface area contributed by atoms with Gasteiger partial charge in [0.2, 0.25) is 0 Å². The Morgan fingerprint density at radius 3 is 2.74 bits per heavy atom. The van der Waals surface area contributed by atoms with E-state index in [1.165, 1.54) is 11.6 Å². The molecule has 0 saturated carbocycles. The molecule has 1 N–H and O–H groups in total. The lowest BCUT2D eigenvalue weighted by molar-refractivity contribution is -0.131. The van der Waals surface area contributed by atoms with Crippen LogP contribution in [0.1, 0.15) is 44.7 Å². The number of hydrogen-bond acceptors (Lipinski definition) is 2. The van der Waals surface area contributed by atoms with Crippen LogP contribution in [-0.2, 0) is 10.2 Å². The van der Waals surface area contributed by atoms with Crippen molar-refractivity contribution in [1.82, 2.24) is 0 Å². The van der Waals surface area contributed by atoms with Gasteiger partial charge in [-0.15, -0.1) is 0 Å². The van der Waals surface area contributed by atoms with E-state index in [0.29, 0.717) is 6.61 Å². The number of carboxylic acids is 1. The zero-order chi connectivity index (χ0) is 14.0. The molecule has 3 nitrogen and oxygen atoms in total. The molecule has 1 aliphatic rings. The predicted molar refractivity (Wildman–Crippen MR) is 75.5 cm³/mol. The van der Waals surface area contributed by atoms with Gasteiger partial charge in [-0.2, -0.15) is 0 Å². The summed E-state index contributed by atoms with van der Waals surface area (Å²) >= 11 is 0.